The second kappa shape index (κ2) is 27.5. The van der Waals surface area contributed by atoms with Crippen LogP contribution >= 0.6 is 0 Å². The van der Waals surface area contributed by atoms with Gasteiger partial charge in [-0.3, -0.25) is 0 Å². The SMILES string of the molecule is CCCCCCC=CCCCCCC=CCCCCCCCCCCCCCC. The first-order valence-electron chi connectivity index (χ1n) is 13.7. The molecule has 0 rings (SSSR count). The normalized spacial score (nSPS) is 11.9. The van der Waals surface area contributed by atoms with Crippen LogP contribution in [-0.2, 0) is 0 Å². The van der Waals surface area contributed by atoms with Crippen molar-refractivity contribution in [3.63, 3.8) is 0 Å². The van der Waals surface area contributed by atoms with Gasteiger partial charge in [-0.15, -0.1) is 0 Å². The highest BCUT2D eigenvalue weighted by Gasteiger charge is 1.93. The van der Waals surface area contributed by atoms with Gasteiger partial charge in [-0.2, -0.15) is 0 Å². The predicted octanol–water partition coefficient (Wildman–Crippen LogP) is 11.1. The molecule has 0 unspecified atom stereocenters. The van der Waals surface area contributed by atoms with Gasteiger partial charge in [0.25, 0.3) is 0 Å². The average molecular weight is 405 g/mol. The first-order valence-corrected chi connectivity index (χ1v) is 13.7. The summed E-state index contributed by atoms with van der Waals surface area (Å²) in [4.78, 5) is 0. The minimum Gasteiger partial charge on any atom is -0.0885 e. The van der Waals surface area contributed by atoms with Crippen LogP contribution in [0, 0.1) is 0 Å². The van der Waals surface area contributed by atoms with E-state index >= 15 is 0 Å². The van der Waals surface area contributed by atoms with Crippen LogP contribution in [0.3, 0.4) is 0 Å². The molecule has 172 valence electrons. The fourth-order valence-electron chi connectivity index (χ4n) is 3.96. The van der Waals surface area contributed by atoms with E-state index in [1.807, 2.05) is 0 Å². The van der Waals surface area contributed by atoms with E-state index in [1.165, 1.54) is 148 Å². The number of hydrogen-bond donors (Lipinski definition) is 0. The quantitative estimate of drug-likeness (QED) is 0.111. The molecule has 0 heterocycles. The fourth-order valence-corrected chi connectivity index (χ4v) is 3.96. The van der Waals surface area contributed by atoms with Gasteiger partial charge in [0.05, 0.1) is 0 Å². The summed E-state index contributed by atoms with van der Waals surface area (Å²) in [5.41, 5.74) is 0. The molecule has 0 atom stereocenters. The summed E-state index contributed by atoms with van der Waals surface area (Å²) < 4.78 is 0. The van der Waals surface area contributed by atoms with Crippen LogP contribution in [0.15, 0.2) is 24.3 Å². The van der Waals surface area contributed by atoms with Crippen molar-refractivity contribution in [3.05, 3.63) is 24.3 Å². The molecule has 0 saturated carbocycles. The van der Waals surface area contributed by atoms with Crippen LogP contribution in [0.4, 0.5) is 0 Å². The van der Waals surface area contributed by atoms with Crippen LogP contribution in [0.5, 0.6) is 0 Å². The number of unbranched alkanes of at least 4 members (excludes halogenated alkanes) is 20. The molecular weight excluding hydrogens is 348 g/mol. The molecule has 0 aromatic rings. The third-order valence-electron chi connectivity index (χ3n) is 6.02. The zero-order chi connectivity index (χ0) is 21.1. The summed E-state index contributed by atoms with van der Waals surface area (Å²) in [5, 5.41) is 0. The zero-order valence-electron chi connectivity index (χ0n) is 20.6. The molecule has 0 fully saturated rings. The molecule has 0 bridgehead atoms. The van der Waals surface area contributed by atoms with E-state index in [-0.39, 0.29) is 0 Å². The highest BCUT2D eigenvalue weighted by atomic mass is 14.0. The van der Waals surface area contributed by atoms with Gasteiger partial charge >= 0.3 is 0 Å². The van der Waals surface area contributed by atoms with Crippen molar-refractivity contribution in [2.24, 2.45) is 0 Å². The summed E-state index contributed by atoms with van der Waals surface area (Å²) in [6.45, 7) is 4.58. The molecule has 0 aromatic carbocycles. The molecule has 0 N–H and O–H groups in total. The van der Waals surface area contributed by atoms with Crippen LogP contribution in [0.1, 0.15) is 162 Å². The van der Waals surface area contributed by atoms with Crippen LogP contribution < -0.4 is 0 Å². The largest absolute Gasteiger partial charge is 0.0885 e. The number of allylic oxidation sites excluding steroid dienone is 4. The Kier molecular flexibility index (Phi) is 27.0. The maximum Gasteiger partial charge on any atom is -0.0351 e. The van der Waals surface area contributed by atoms with Gasteiger partial charge in [0.1, 0.15) is 0 Å². The van der Waals surface area contributed by atoms with Crippen molar-refractivity contribution >= 4 is 0 Å². The van der Waals surface area contributed by atoms with E-state index in [4.69, 9.17) is 0 Å². The smallest absolute Gasteiger partial charge is 0.0351 e. The average Bonchev–Trinajstić information content (AvgIpc) is 2.74. The lowest BCUT2D eigenvalue weighted by Crippen LogP contribution is -1.82. The van der Waals surface area contributed by atoms with Gasteiger partial charge in [0, 0.05) is 0 Å². The van der Waals surface area contributed by atoms with Crippen molar-refractivity contribution in [2.45, 2.75) is 162 Å². The number of rotatable bonds is 24. The maximum absolute atomic E-state index is 2.44. The first-order chi connectivity index (χ1) is 14.4. The van der Waals surface area contributed by atoms with E-state index in [9.17, 15) is 0 Å². The standard InChI is InChI=1S/C29H56/c1-3-5-7-9-11-13-15-17-19-21-23-25-27-29-28-26-24-22-20-18-16-14-12-10-8-6-4-2/h13,15,27,29H,3-12,14,16-26,28H2,1-2H3. The Balaban J connectivity index is 3.11. The Morgan fingerprint density at radius 1 is 0.276 bits per heavy atom. The summed E-state index contributed by atoms with van der Waals surface area (Å²) in [7, 11) is 0. The van der Waals surface area contributed by atoms with Crippen LogP contribution in [0.2, 0.25) is 0 Å². The lowest BCUT2D eigenvalue weighted by Gasteiger charge is -2.02. The Bertz CT molecular complexity index is 325. The second-order valence-corrected chi connectivity index (χ2v) is 9.11. The van der Waals surface area contributed by atoms with Crippen molar-refractivity contribution in [1.29, 1.82) is 0 Å². The van der Waals surface area contributed by atoms with Crippen molar-refractivity contribution in [3.8, 4) is 0 Å². The molecule has 0 aliphatic heterocycles. The summed E-state index contributed by atoms with van der Waals surface area (Å²) in [6.07, 6.45) is 41.9. The second-order valence-electron chi connectivity index (χ2n) is 9.11. The minimum absolute atomic E-state index is 1.29. The summed E-state index contributed by atoms with van der Waals surface area (Å²) in [5.74, 6) is 0. The molecule has 0 spiro atoms. The van der Waals surface area contributed by atoms with Crippen molar-refractivity contribution in [2.75, 3.05) is 0 Å². The fraction of sp³-hybridized carbons (Fsp3) is 0.862. The van der Waals surface area contributed by atoms with Gasteiger partial charge in [0.15, 0.2) is 0 Å². The lowest BCUT2D eigenvalue weighted by molar-refractivity contribution is 0.545. The molecule has 0 amide bonds. The molecule has 0 aromatic heterocycles. The predicted molar refractivity (Wildman–Crippen MR) is 136 cm³/mol. The molecule has 0 heteroatoms. The zero-order valence-corrected chi connectivity index (χ0v) is 20.6. The number of hydrogen-bond acceptors (Lipinski definition) is 0. The van der Waals surface area contributed by atoms with E-state index < -0.39 is 0 Å². The van der Waals surface area contributed by atoms with Crippen molar-refractivity contribution in [1.82, 2.24) is 0 Å². The lowest BCUT2D eigenvalue weighted by atomic mass is 10.0. The van der Waals surface area contributed by atoms with E-state index in [1.54, 1.807) is 0 Å². The molecule has 0 aliphatic carbocycles. The monoisotopic (exact) mass is 404 g/mol. The third kappa shape index (κ3) is 27.5. The van der Waals surface area contributed by atoms with E-state index in [0.29, 0.717) is 0 Å². The highest BCUT2D eigenvalue weighted by Crippen LogP contribution is 2.13. The molecule has 0 aliphatic rings. The van der Waals surface area contributed by atoms with Gasteiger partial charge in [-0.05, 0) is 51.4 Å². The topological polar surface area (TPSA) is 0 Å². The van der Waals surface area contributed by atoms with Crippen LogP contribution in [-0.4, -0.2) is 0 Å². The Morgan fingerprint density at radius 2 is 0.483 bits per heavy atom. The van der Waals surface area contributed by atoms with Gasteiger partial charge in [0.2, 0.25) is 0 Å². The Morgan fingerprint density at radius 3 is 0.793 bits per heavy atom. The highest BCUT2D eigenvalue weighted by molar-refractivity contribution is 4.83. The van der Waals surface area contributed by atoms with Crippen molar-refractivity contribution < 1.29 is 0 Å². The van der Waals surface area contributed by atoms with Gasteiger partial charge < -0.3 is 0 Å². The van der Waals surface area contributed by atoms with Crippen LogP contribution in [0.25, 0.3) is 0 Å². The van der Waals surface area contributed by atoms with Gasteiger partial charge in [-0.25, -0.2) is 0 Å². The summed E-state index contributed by atoms with van der Waals surface area (Å²) in [6, 6.07) is 0. The minimum atomic E-state index is 1.29. The third-order valence-corrected chi connectivity index (χ3v) is 6.02. The summed E-state index contributed by atoms with van der Waals surface area (Å²) >= 11 is 0. The molecule has 0 nitrogen and oxygen atoms in total. The van der Waals surface area contributed by atoms with E-state index in [0.717, 1.165) is 0 Å². The van der Waals surface area contributed by atoms with Gasteiger partial charge in [-0.1, -0.05) is 134 Å². The molecule has 0 saturated heterocycles. The maximum atomic E-state index is 2.44. The Hall–Kier alpha value is -0.520. The molecular formula is C29H56. The molecule has 0 radical (unpaired) electrons. The van der Waals surface area contributed by atoms with E-state index in [2.05, 4.69) is 38.2 Å². The first kappa shape index (κ1) is 28.5. The molecule has 29 heavy (non-hydrogen) atoms. The Labute approximate surface area is 186 Å².